The number of hydrogen-bond acceptors (Lipinski definition) is 6. The Balaban J connectivity index is 5.21. The zero-order chi connectivity index (χ0) is 10.9. The van der Waals surface area contributed by atoms with E-state index in [-0.39, 0.29) is 0 Å². The van der Waals surface area contributed by atoms with E-state index in [2.05, 4.69) is 9.35 Å². The van der Waals surface area contributed by atoms with E-state index in [0.717, 1.165) is 13.8 Å². The van der Waals surface area contributed by atoms with Gasteiger partial charge in [0.2, 0.25) is 0 Å². The van der Waals surface area contributed by atoms with Crippen molar-refractivity contribution in [2.45, 2.75) is 18.7 Å². The van der Waals surface area contributed by atoms with Crippen LogP contribution >= 0.6 is 15.2 Å². The van der Waals surface area contributed by atoms with Crippen molar-refractivity contribution < 1.29 is 38.8 Å². The molecule has 0 aliphatic rings. The molecule has 0 radical (unpaired) electrons. The summed E-state index contributed by atoms with van der Waals surface area (Å²) >= 11 is 0. The van der Waals surface area contributed by atoms with Gasteiger partial charge in [0.1, 0.15) is 0 Å². The second-order valence-corrected chi connectivity index (χ2v) is 7.70. The molecule has 80 valence electrons. The molecule has 0 aliphatic heterocycles. The summed E-state index contributed by atoms with van der Waals surface area (Å²) < 4.78 is 28.3. The normalized spacial score (nSPS) is 22.0. The van der Waals surface area contributed by atoms with Crippen LogP contribution in [0.15, 0.2) is 0 Å². The maximum Gasteiger partial charge on any atom is 0.372 e. The first-order valence-corrected chi connectivity index (χ1v) is 6.10. The van der Waals surface area contributed by atoms with Gasteiger partial charge in [-0.2, -0.15) is 9.35 Å². The molecule has 2 atom stereocenters. The molecule has 0 saturated heterocycles. The van der Waals surface area contributed by atoms with Crippen LogP contribution in [-0.4, -0.2) is 25.2 Å². The Morgan fingerprint density at radius 2 is 1.23 bits per heavy atom. The summed E-state index contributed by atoms with van der Waals surface area (Å²) in [6.07, 6.45) is 0. The molecular formula is C3H10O8P2. The molecule has 2 unspecified atom stereocenters. The first-order chi connectivity index (χ1) is 5.62. The fourth-order valence-corrected chi connectivity index (χ4v) is 2.26. The predicted molar refractivity (Wildman–Crippen MR) is 41.2 cm³/mol. The lowest BCUT2D eigenvalue weighted by Crippen LogP contribution is -2.22. The topological polar surface area (TPSA) is 134 Å². The highest BCUT2D eigenvalue weighted by Gasteiger charge is 2.56. The lowest BCUT2D eigenvalue weighted by molar-refractivity contribution is -0.156. The molecule has 10 heteroatoms. The van der Waals surface area contributed by atoms with E-state index >= 15 is 0 Å². The minimum Gasteiger partial charge on any atom is -0.322 e. The minimum atomic E-state index is -4.76. The SMILES string of the molecule is CC(C)(P(=O)(O)OO)P(=O)(O)OO. The van der Waals surface area contributed by atoms with Crippen LogP contribution in [0.5, 0.6) is 0 Å². The summed E-state index contributed by atoms with van der Waals surface area (Å²) in [4.78, 5) is 15.4. The van der Waals surface area contributed by atoms with Crippen LogP contribution in [0.25, 0.3) is 0 Å². The molecule has 0 aromatic carbocycles. The second kappa shape index (κ2) is 3.76. The lowest BCUT2D eigenvalue weighted by Gasteiger charge is -2.28. The van der Waals surface area contributed by atoms with Crippen LogP contribution in [0.3, 0.4) is 0 Å². The Bertz CT molecular complexity index is 245. The molecule has 0 saturated carbocycles. The Hall–Kier alpha value is 0.220. The third-order valence-electron chi connectivity index (χ3n) is 1.60. The van der Waals surface area contributed by atoms with E-state index in [1.54, 1.807) is 0 Å². The molecule has 0 spiro atoms. The fraction of sp³-hybridized carbons (Fsp3) is 1.00. The van der Waals surface area contributed by atoms with Gasteiger partial charge in [0.15, 0.2) is 4.90 Å². The third kappa shape index (κ3) is 2.18. The Morgan fingerprint density at radius 3 is 1.38 bits per heavy atom. The van der Waals surface area contributed by atoms with Gasteiger partial charge in [-0.25, -0.2) is 10.5 Å². The van der Waals surface area contributed by atoms with Crippen LogP contribution in [0.1, 0.15) is 13.8 Å². The van der Waals surface area contributed by atoms with Gasteiger partial charge in [-0.15, -0.1) is 0 Å². The molecule has 0 aromatic heterocycles. The Morgan fingerprint density at radius 1 is 1.00 bits per heavy atom. The maximum atomic E-state index is 11.0. The first kappa shape index (κ1) is 13.2. The standard InChI is InChI=1S/C3H10O8P2/c1-3(2,12(6,7)10-4)13(8,9)11-5/h4-5H,1-2H3,(H,6,7)(H,8,9). The molecular weight excluding hydrogens is 226 g/mol. The minimum absolute atomic E-state index is 0.820. The summed E-state index contributed by atoms with van der Waals surface area (Å²) in [5, 5.41) is 16.0. The van der Waals surface area contributed by atoms with Gasteiger partial charge >= 0.3 is 15.2 Å². The van der Waals surface area contributed by atoms with Crippen molar-refractivity contribution in [2.24, 2.45) is 0 Å². The average molecular weight is 236 g/mol. The van der Waals surface area contributed by atoms with Crippen LogP contribution in [0.2, 0.25) is 0 Å². The molecule has 0 aromatic rings. The summed E-state index contributed by atoms with van der Waals surface area (Å²) in [5.74, 6) is 0. The predicted octanol–water partition coefficient (Wildman–Crippen LogP) is 1.07. The molecule has 13 heavy (non-hydrogen) atoms. The van der Waals surface area contributed by atoms with Crippen molar-refractivity contribution >= 4 is 15.2 Å². The molecule has 0 bridgehead atoms. The lowest BCUT2D eigenvalue weighted by atomic mass is 10.5. The van der Waals surface area contributed by atoms with E-state index in [1.165, 1.54) is 0 Å². The monoisotopic (exact) mass is 236 g/mol. The molecule has 8 nitrogen and oxygen atoms in total. The van der Waals surface area contributed by atoms with Crippen LogP contribution in [0.4, 0.5) is 0 Å². The smallest absolute Gasteiger partial charge is 0.322 e. The Labute approximate surface area is 73.7 Å². The van der Waals surface area contributed by atoms with Crippen molar-refractivity contribution in [3.05, 3.63) is 0 Å². The largest absolute Gasteiger partial charge is 0.372 e. The quantitative estimate of drug-likeness (QED) is 0.323. The highest BCUT2D eigenvalue weighted by Crippen LogP contribution is 2.72. The van der Waals surface area contributed by atoms with Crippen LogP contribution in [-0.2, 0) is 18.5 Å². The van der Waals surface area contributed by atoms with Gasteiger partial charge in [0.05, 0.1) is 0 Å². The first-order valence-electron chi connectivity index (χ1n) is 2.94. The fourth-order valence-electron chi connectivity index (χ4n) is 0.360. The van der Waals surface area contributed by atoms with E-state index in [1.807, 2.05) is 0 Å². The van der Waals surface area contributed by atoms with E-state index in [4.69, 9.17) is 20.3 Å². The maximum absolute atomic E-state index is 11.0. The molecule has 0 fully saturated rings. The van der Waals surface area contributed by atoms with Crippen LogP contribution < -0.4 is 0 Å². The second-order valence-electron chi connectivity index (χ2n) is 2.70. The molecule has 4 N–H and O–H groups in total. The molecule has 0 rings (SSSR count). The summed E-state index contributed by atoms with van der Waals surface area (Å²) in [6.45, 7) is 1.64. The average Bonchev–Trinajstić information content (AvgIpc) is 2.03. The van der Waals surface area contributed by atoms with Gasteiger partial charge in [0.25, 0.3) is 0 Å². The zero-order valence-electron chi connectivity index (χ0n) is 6.82. The van der Waals surface area contributed by atoms with Crippen LogP contribution in [0, 0.1) is 0 Å². The number of rotatable bonds is 4. The van der Waals surface area contributed by atoms with Crippen molar-refractivity contribution in [1.82, 2.24) is 0 Å². The van der Waals surface area contributed by atoms with Crippen molar-refractivity contribution in [3.63, 3.8) is 0 Å². The summed E-state index contributed by atoms with van der Waals surface area (Å²) in [6, 6.07) is 0. The summed E-state index contributed by atoms with van der Waals surface area (Å²) in [7, 11) is -9.51. The van der Waals surface area contributed by atoms with E-state index < -0.39 is 20.1 Å². The van der Waals surface area contributed by atoms with Gasteiger partial charge in [-0.05, 0) is 13.8 Å². The van der Waals surface area contributed by atoms with Gasteiger partial charge in [-0.1, -0.05) is 0 Å². The van der Waals surface area contributed by atoms with Crippen molar-refractivity contribution in [1.29, 1.82) is 0 Å². The van der Waals surface area contributed by atoms with Crippen molar-refractivity contribution in [2.75, 3.05) is 0 Å². The summed E-state index contributed by atoms with van der Waals surface area (Å²) in [5.41, 5.74) is 0. The zero-order valence-corrected chi connectivity index (χ0v) is 8.61. The van der Waals surface area contributed by atoms with Gasteiger partial charge < -0.3 is 9.79 Å². The van der Waals surface area contributed by atoms with E-state index in [0.29, 0.717) is 0 Å². The van der Waals surface area contributed by atoms with E-state index in [9.17, 15) is 9.13 Å². The Kier molecular flexibility index (Phi) is 3.83. The highest BCUT2D eigenvalue weighted by molar-refractivity contribution is 7.73. The van der Waals surface area contributed by atoms with Gasteiger partial charge in [-0.3, -0.25) is 9.13 Å². The molecule has 0 aliphatic carbocycles. The van der Waals surface area contributed by atoms with Gasteiger partial charge in [0, 0.05) is 0 Å². The molecule has 0 heterocycles. The highest BCUT2D eigenvalue weighted by atomic mass is 31.2. The molecule has 0 amide bonds. The number of hydrogen-bond donors (Lipinski definition) is 4. The van der Waals surface area contributed by atoms with Crippen molar-refractivity contribution in [3.8, 4) is 0 Å². The third-order valence-corrected chi connectivity index (χ3v) is 6.33.